The third kappa shape index (κ3) is 3.17. The smallest absolute Gasteiger partial charge is 0.260 e. The van der Waals surface area contributed by atoms with Crippen molar-refractivity contribution in [1.82, 2.24) is 9.97 Å². The SMILES string of the molecule is CN1C(=O)c2ccccc2N(C)c2nc(Nc3ccc([S+](C)[O-])cc3)ncc21. The van der Waals surface area contributed by atoms with E-state index in [-0.39, 0.29) is 5.91 Å². The summed E-state index contributed by atoms with van der Waals surface area (Å²) in [5, 5.41) is 3.16. The predicted molar refractivity (Wildman–Crippen MR) is 111 cm³/mol. The first kappa shape index (κ1) is 18.3. The fraction of sp³-hybridized carbons (Fsp3) is 0.150. The summed E-state index contributed by atoms with van der Waals surface area (Å²) in [6, 6.07) is 14.7. The van der Waals surface area contributed by atoms with E-state index < -0.39 is 11.2 Å². The van der Waals surface area contributed by atoms with Crippen LogP contribution in [0.5, 0.6) is 0 Å². The number of nitrogens with one attached hydrogen (secondary N) is 1. The van der Waals surface area contributed by atoms with E-state index in [1.165, 1.54) is 0 Å². The van der Waals surface area contributed by atoms with Gasteiger partial charge in [0, 0.05) is 19.8 Å². The number of hydrogen-bond acceptors (Lipinski definition) is 6. The molecule has 0 bridgehead atoms. The van der Waals surface area contributed by atoms with Crippen molar-refractivity contribution in [3.05, 3.63) is 60.3 Å². The van der Waals surface area contributed by atoms with Crippen LogP contribution in [0.25, 0.3) is 0 Å². The van der Waals surface area contributed by atoms with E-state index in [0.717, 1.165) is 16.3 Å². The monoisotopic (exact) mass is 393 g/mol. The van der Waals surface area contributed by atoms with Crippen molar-refractivity contribution in [2.45, 2.75) is 4.90 Å². The molecule has 0 saturated heterocycles. The minimum Gasteiger partial charge on any atom is -0.612 e. The molecule has 3 aromatic rings. The second-order valence-corrected chi connectivity index (χ2v) is 7.83. The van der Waals surface area contributed by atoms with Gasteiger partial charge < -0.3 is 19.7 Å². The van der Waals surface area contributed by atoms with Gasteiger partial charge in [0.15, 0.2) is 10.7 Å². The third-order valence-corrected chi connectivity index (χ3v) is 5.61. The molecule has 2 heterocycles. The average molecular weight is 393 g/mol. The number of rotatable bonds is 3. The van der Waals surface area contributed by atoms with Crippen LogP contribution in [0.15, 0.2) is 59.6 Å². The molecule has 142 valence electrons. The van der Waals surface area contributed by atoms with E-state index in [9.17, 15) is 9.35 Å². The highest BCUT2D eigenvalue weighted by atomic mass is 32.2. The Balaban J connectivity index is 1.71. The van der Waals surface area contributed by atoms with Gasteiger partial charge in [-0.1, -0.05) is 12.1 Å². The van der Waals surface area contributed by atoms with Crippen LogP contribution >= 0.6 is 0 Å². The predicted octanol–water partition coefficient (Wildman–Crippen LogP) is 3.32. The van der Waals surface area contributed by atoms with Crippen molar-refractivity contribution >= 4 is 45.9 Å². The summed E-state index contributed by atoms with van der Waals surface area (Å²) in [4.78, 5) is 26.0. The number of aromatic nitrogens is 2. The average Bonchev–Trinajstić information content (AvgIpc) is 2.79. The number of para-hydroxylation sites is 1. The molecule has 7 nitrogen and oxygen atoms in total. The lowest BCUT2D eigenvalue weighted by Crippen LogP contribution is -2.25. The van der Waals surface area contributed by atoms with Crippen molar-refractivity contribution in [1.29, 1.82) is 0 Å². The zero-order valence-electron chi connectivity index (χ0n) is 15.7. The summed E-state index contributed by atoms with van der Waals surface area (Å²) < 4.78 is 11.5. The first-order valence-electron chi connectivity index (χ1n) is 8.64. The number of nitrogens with zero attached hydrogens (tertiary/aromatic N) is 4. The van der Waals surface area contributed by atoms with Crippen LogP contribution in [0.4, 0.5) is 28.8 Å². The molecule has 1 aliphatic rings. The van der Waals surface area contributed by atoms with Crippen LogP contribution in [0.3, 0.4) is 0 Å². The van der Waals surface area contributed by atoms with Gasteiger partial charge in [0.1, 0.15) is 11.9 Å². The summed E-state index contributed by atoms with van der Waals surface area (Å²) in [7, 11) is 3.60. The number of carbonyl (C=O) groups is 1. The Morgan fingerprint density at radius 1 is 1.00 bits per heavy atom. The van der Waals surface area contributed by atoms with Crippen molar-refractivity contribution in [3.8, 4) is 0 Å². The fourth-order valence-electron chi connectivity index (χ4n) is 3.12. The fourth-order valence-corrected chi connectivity index (χ4v) is 3.64. The second-order valence-electron chi connectivity index (χ2n) is 6.45. The molecule has 1 N–H and O–H groups in total. The highest BCUT2D eigenvalue weighted by molar-refractivity contribution is 7.90. The maximum absolute atomic E-state index is 12.8. The van der Waals surface area contributed by atoms with Crippen molar-refractivity contribution in [2.24, 2.45) is 0 Å². The Labute approximate surface area is 166 Å². The molecule has 2 aromatic carbocycles. The van der Waals surface area contributed by atoms with E-state index in [1.807, 2.05) is 48.3 Å². The maximum Gasteiger partial charge on any atom is 0.260 e. The lowest BCUT2D eigenvalue weighted by molar-refractivity contribution is 0.0994. The van der Waals surface area contributed by atoms with Crippen LogP contribution in [0, 0.1) is 0 Å². The van der Waals surface area contributed by atoms with Crippen molar-refractivity contribution in [3.63, 3.8) is 0 Å². The Morgan fingerprint density at radius 3 is 2.43 bits per heavy atom. The molecular weight excluding hydrogens is 374 g/mol. The van der Waals surface area contributed by atoms with Gasteiger partial charge in [-0.25, -0.2) is 4.98 Å². The molecule has 8 heteroatoms. The molecule has 1 aliphatic heterocycles. The molecule has 1 amide bonds. The van der Waals surface area contributed by atoms with Gasteiger partial charge in [0.25, 0.3) is 5.91 Å². The topological polar surface area (TPSA) is 84.4 Å². The number of anilines is 5. The molecule has 0 radical (unpaired) electrons. The maximum atomic E-state index is 12.8. The standard InChI is InChI=1S/C20H19N5O2S/c1-24-16-7-5-4-6-15(16)19(26)25(2)17-12-21-20(23-18(17)24)22-13-8-10-14(11-9-13)28(3)27/h4-12H,1-3H3,(H,21,22,23). The Morgan fingerprint density at radius 2 is 1.71 bits per heavy atom. The molecule has 4 rings (SSSR count). The highest BCUT2D eigenvalue weighted by Gasteiger charge is 2.28. The van der Waals surface area contributed by atoms with Gasteiger partial charge in [-0.2, -0.15) is 4.98 Å². The summed E-state index contributed by atoms with van der Waals surface area (Å²) in [6.07, 6.45) is 3.28. The van der Waals surface area contributed by atoms with Gasteiger partial charge in [-0.3, -0.25) is 4.79 Å². The number of hydrogen-bond donors (Lipinski definition) is 1. The van der Waals surface area contributed by atoms with Crippen LogP contribution in [-0.4, -0.2) is 40.8 Å². The zero-order chi connectivity index (χ0) is 19.8. The summed E-state index contributed by atoms with van der Waals surface area (Å²) in [6.45, 7) is 0. The number of carbonyl (C=O) groups excluding carboxylic acids is 1. The van der Waals surface area contributed by atoms with Crippen molar-refractivity contribution < 1.29 is 9.35 Å². The molecule has 0 fully saturated rings. The lowest BCUT2D eigenvalue weighted by Gasteiger charge is -2.21. The Kier molecular flexibility index (Phi) is 4.66. The lowest BCUT2D eigenvalue weighted by atomic mass is 10.1. The van der Waals surface area contributed by atoms with Gasteiger partial charge >= 0.3 is 0 Å². The molecule has 0 spiro atoms. The molecule has 1 atom stereocenters. The van der Waals surface area contributed by atoms with Crippen LogP contribution < -0.4 is 15.1 Å². The molecule has 0 saturated carbocycles. The second kappa shape index (κ2) is 7.14. The molecule has 0 aliphatic carbocycles. The van der Waals surface area contributed by atoms with Gasteiger partial charge in [-0.05, 0) is 47.6 Å². The van der Waals surface area contributed by atoms with E-state index >= 15 is 0 Å². The van der Waals surface area contributed by atoms with Gasteiger partial charge in [0.2, 0.25) is 5.95 Å². The quantitative estimate of drug-likeness (QED) is 0.687. The number of benzene rings is 2. The van der Waals surface area contributed by atoms with E-state index in [0.29, 0.717) is 23.0 Å². The third-order valence-electron chi connectivity index (χ3n) is 4.67. The molecule has 1 unspecified atom stereocenters. The van der Waals surface area contributed by atoms with Crippen LogP contribution in [0.1, 0.15) is 10.4 Å². The van der Waals surface area contributed by atoms with Gasteiger partial charge in [0.05, 0.1) is 17.4 Å². The molecular formula is C20H19N5O2S. The summed E-state index contributed by atoms with van der Waals surface area (Å²) in [5.41, 5.74) is 2.82. The minimum absolute atomic E-state index is 0.103. The van der Waals surface area contributed by atoms with E-state index in [4.69, 9.17) is 0 Å². The Hall–Kier alpha value is -3.10. The minimum atomic E-state index is -1.02. The molecule has 1 aromatic heterocycles. The largest absolute Gasteiger partial charge is 0.612 e. The highest BCUT2D eigenvalue weighted by Crippen LogP contribution is 2.37. The molecule has 28 heavy (non-hydrogen) atoms. The normalized spacial score (nSPS) is 14.2. The van der Waals surface area contributed by atoms with Crippen LogP contribution in [0.2, 0.25) is 0 Å². The van der Waals surface area contributed by atoms with Crippen LogP contribution in [-0.2, 0) is 11.2 Å². The van der Waals surface area contributed by atoms with E-state index in [1.54, 1.807) is 36.5 Å². The first-order chi connectivity index (χ1) is 13.5. The van der Waals surface area contributed by atoms with Gasteiger partial charge in [-0.15, -0.1) is 0 Å². The van der Waals surface area contributed by atoms with E-state index in [2.05, 4.69) is 15.3 Å². The number of amides is 1. The first-order valence-corrected chi connectivity index (χ1v) is 10.2. The summed E-state index contributed by atoms with van der Waals surface area (Å²) in [5.74, 6) is 0.939. The zero-order valence-corrected chi connectivity index (χ0v) is 16.5. The summed E-state index contributed by atoms with van der Waals surface area (Å²) >= 11 is -1.02. The number of fused-ring (bicyclic) bond motifs is 2. The van der Waals surface area contributed by atoms with Crippen molar-refractivity contribution in [2.75, 3.05) is 35.5 Å². The Bertz CT molecular complexity index is 1040.